The summed E-state index contributed by atoms with van der Waals surface area (Å²) in [6, 6.07) is -2.80. The molecule has 0 aromatic carbocycles. The molecule has 0 spiro atoms. The number of primary amides is 1. The lowest BCUT2D eigenvalue weighted by Gasteiger charge is -2.24. The summed E-state index contributed by atoms with van der Waals surface area (Å²) in [4.78, 5) is 71.1. The Balaban J connectivity index is 2.43. The summed E-state index contributed by atoms with van der Waals surface area (Å²) in [5, 5.41) is 16.8. The van der Waals surface area contributed by atoms with Crippen molar-refractivity contribution < 1.29 is 33.9 Å². The highest BCUT2D eigenvalue weighted by Gasteiger charge is 2.28. The quantitative estimate of drug-likeness (QED) is 0.160. The Morgan fingerprint density at radius 2 is 1.64 bits per heavy atom. The average Bonchev–Trinajstić information content (AvgIpc) is 3.05. The standard InChI is InChI=1S/C21H33N5O7/c1-13(2)18(19(30)24-14(20(31)32)7-6-11-23-21(22)33)25-15(27)8-4-3-5-12-26-16(28)9-10-17(26)29/h9-10,13-14,18H,3-8,11-12H2,1-2H3,(H,24,30)(H,25,27)(H,31,32)(H3,22,23,33)/t14?,18-/m0/s1. The number of amides is 6. The molecule has 0 saturated carbocycles. The van der Waals surface area contributed by atoms with E-state index < -0.39 is 30.0 Å². The predicted molar refractivity (Wildman–Crippen MR) is 117 cm³/mol. The maximum absolute atomic E-state index is 12.6. The lowest BCUT2D eigenvalue weighted by molar-refractivity contribution is -0.142. The number of unbranched alkanes of at least 4 members (excludes halogenated alkanes) is 2. The van der Waals surface area contributed by atoms with Crippen LogP contribution in [0.15, 0.2) is 12.2 Å². The minimum atomic E-state index is -1.22. The van der Waals surface area contributed by atoms with Gasteiger partial charge in [0.05, 0.1) is 0 Å². The van der Waals surface area contributed by atoms with Gasteiger partial charge in [-0.2, -0.15) is 0 Å². The van der Waals surface area contributed by atoms with Gasteiger partial charge in [0.25, 0.3) is 11.8 Å². The fraction of sp³-hybridized carbons (Fsp3) is 0.619. The Hall–Kier alpha value is -3.44. The SMILES string of the molecule is CC(C)[C@H](NC(=O)CCCCCN1C(=O)C=CC1=O)C(=O)NC(CCCNC(N)=O)C(=O)O. The number of nitrogens with zero attached hydrogens (tertiary/aromatic N) is 1. The molecule has 0 aromatic rings. The molecular weight excluding hydrogens is 434 g/mol. The molecule has 184 valence electrons. The molecule has 0 aliphatic carbocycles. The zero-order valence-electron chi connectivity index (χ0n) is 19.0. The van der Waals surface area contributed by atoms with Gasteiger partial charge in [0, 0.05) is 31.7 Å². The normalized spacial score (nSPS) is 14.8. The second-order valence-corrected chi connectivity index (χ2v) is 8.09. The van der Waals surface area contributed by atoms with Crippen molar-refractivity contribution in [3.8, 4) is 0 Å². The van der Waals surface area contributed by atoms with Crippen molar-refractivity contribution in [2.75, 3.05) is 13.1 Å². The zero-order valence-corrected chi connectivity index (χ0v) is 19.0. The Kier molecular flexibility index (Phi) is 11.6. The molecule has 0 radical (unpaired) electrons. The highest BCUT2D eigenvalue weighted by molar-refractivity contribution is 6.12. The van der Waals surface area contributed by atoms with Crippen LogP contribution in [0.25, 0.3) is 0 Å². The third-order valence-corrected chi connectivity index (χ3v) is 5.04. The molecule has 33 heavy (non-hydrogen) atoms. The maximum atomic E-state index is 12.6. The molecule has 1 unspecified atom stereocenters. The summed E-state index contributed by atoms with van der Waals surface area (Å²) in [7, 11) is 0. The molecule has 1 aliphatic rings. The number of carbonyl (C=O) groups excluding carboxylic acids is 5. The van der Waals surface area contributed by atoms with Gasteiger partial charge >= 0.3 is 12.0 Å². The van der Waals surface area contributed by atoms with Crippen LogP contribution < -0.4 is 21.7 Å². The lowest BCUT2D eigenvalue weighted by atomic mass is 10.0. The van der Waals surface area contributed by atoms with Gasteiger partial charge in [0.15, 0.2) is 0 Å². The van der Waals surface area contributed by atoms with E-state index in [9.17, 15) is 33.9 Å². The van der Waals surface area contributed by atoms with Crippen molar-refractivity contribution in [1.82, 2.24) is 20.9 Å². The monoisotopic (exact) mass is 467 g/mol. The van der Waals surface area contributed by atoms with Gasteiger partial charge in [-0.15, -0.1) is 0 Å². The van der Waals surface area contributed by atoms with Crippen molar-refractivity contribution in [3.63, 3.8) is 0 Å². The van der Waals surface area contributed by atoms with Crippen LogP contribution in [0.4, 0.5) is 4.79 Å². The molecule has 1 heterocycles. The van der Waals surface area contributed by atoms with Crippen LogP contribution in [-0.4, -0.2) is 70.8 Å². The lowest BCUT2D eigenvalue weighted by Crippen LogP contribution is -2.53. The average molecular weight is 468 g/mol. The van der Waals surface area contributed by atoms with E-state index in [1.165, 1.54) is 12.2 Å². The van der Waals surface area contributed by atoms with E-state index in [1.807, 2.05) is 0 Å². The number of aliphatic carboxylic acids is 1. The minimum absolute atomic E-state index is 0.0810. The highest BCUT2D eigenvalue weighted by atomic mass is 16.4. The van der Waals surface area contributed by atoms with Crippen LogP contribution in [0.3, 0.4) is 0 Å². The summed E-state index contributed by atoms with van der Waals surface area (Å²) in [6.45, 7) is 3.93. The molecule has 2 atom stereocenters. The Labute approximate surface area is 192 Å². The molecule has 0 bridgehead atoms. The zero-order chi connectivity index (χ0) is 25.0. The third kappa shape index (κ3) is 10.1. The van der Waals surface area contributed by atoms with Crippen LogP contribution in [0.2, 0.25) is 0 Å². The predicted octanol–water partition coefficient (Wildman–Crippen LogP) is -0.369. The molecule has 0 fully saturated rings. The molecule has 12 nitrogen and oxygen atoms in total. The van der Waals surface area contributed by atoms with Gasteiger partial charge in [-0.05, 0) is 31.6 Å². The van der Waals surface area contributed by atoms with Gasteiger partial charge in [-0.3, -0.25) is 24.1 Å². The van der Waals surface area contributed by atoms with E-state index in [0.717, 1.165) is 4.90 Å². The fourth-order valence-electron chi connectivity index (χ4n) is 3.20. The Morgan fingerprint density at radius 3 is 2.18 bits per heavy atom. The van der Waals surface area contributed by atoms with Crippen molar-refractivity contribution in [1.29, 1.82) is 0 Å². The number of urea groups is 1. The first kappa shape index (κ1) is 27.6. The molecular formula is C21H33N5O7. The third-order valence-electron chi connectivity index (χ3n) is 5.04. The van der Waals surface area contributed by atoms with Gasteiger partial charge in [0.1, 0.15) is 12.1 Å². The number of nitrogens with one attached hydrogen (secondary N) is 3. The summed E-state index contributed by atoms with van der Waals surface area (Å²) >= 11 is 0. The number of carbonyl (C=O) groups is 6. The number of rotatable bonds is 15. The van der Waals surface area contributed by atoms with E-state index in [-0.39, 0.29) is 49.6 Å². The fourth-order valence-corrected chi connectivity index (χ4v) is 3.20. The van der Waals surface area contributed by atoms with Crippen LogP contribution in [0, 0.1) is 5.92 Å². The summed E-state index contributed by atoms with van der Waals surface area (Å²) in [6.07, 6.45) is 4.65. The van der Waals surface area contributed by atoms with Crippen LogP contribution >= 0.6 is 0 Å². The van der Waals surface area contributed by atoms with Crippen LogP contribution in [0.1, 0.15) is 52.4 Å². The summed E-state index contributed by atoms with van der Waals surface area (Å²) in [5.41, 5.74) is 4.95. The van der Waals surface area contributed by atoms with Gasteiger partial charge in [-0.25, -0.2) is 9.59 Å². The van der Waals surface area contributed by atoms with Gasteiger partial charge < -0.3 is 26.8 Å². The van der Waals surface area contributed by atoms with E-state index in [4.69, 9.17) is 5.73 Å². The summed E-state index contributed by atoms with van der Waals surface area (Å²) in [5.74, 6) is -3.13. The maximum Gasteiger partial charge on any atom is 0.326 e. The van der Waals surface area contributed by atoms with E-state index in [2.05, 4.69) is 16.0 Å². The second kappa shape index (κ2) is 13.9. The Morgan fingerprint density at radius 1 is 1.00 bits per heavy atom. The second-order valence-electron chi connectivity index (χ2n) is 8.09. The number of imide groups is 1. The van der Waals surface area contributed by atoms with E-state index in [1.54, 1.807) is 13.8 Å². The van der Waals surface area contributed by atoms with Gasteiger partial charge in [0.2, 0.25) is 11.8 Å². The van der Waals surface area contributed by atoms with Gasteiger partial charge in [-0.1, -0.05) is 20.3 Å². The number of hydrogen-bond donors (Lipinski definition) is 5. The molecule has 1 aliphatic heterocycles. The molecule has 0 aromatic heterocycles. The molecule has 1 rings (SSSR count). The highest BCUT2D eigenvalue weighted by Crippen LogP contribution is 2.09. The van der Waals surface area contributed by atoms with Crippen molar-refractivity contribution in [3.05, 3.63) is 12.2 Å². The number of hydrogen-bond acceptors (Lipinski definition) is 6. The molecule has 0 saturated heterocycles. The van der Waals surface area contributed by atoms with Crippen LogP contribution in [0.5, 0.6) is 0 Å². The summed E-state index contributed by atoms with van der Waals surface area (Å²) < 4.78 is 0. The van der Waals surface area contributed by atoms with E-state index in [0.29, 0.717) is 25.7 Å². The van der Waals surface area contributed by atoms with Crippen LogP contribution in [-0.2, 0) is 24.0 Å². The van der Waals surface area contributed by atoms with Crippen molar-refractivity contribution in [2.45, 2.75) is 64.5 Å². The smallest absolute Gasteiger partial charge is 0.326 e. The number of carboxylic acids is 1. The number of nitrogens with two attached hydrogens (primary N) is 1. The van der Waals surface area contributed by atoms with E-state index >= 15 is 0 Å². The Bertz CT molecular complexity index is 763. The molecule has 12 heteroatoms. The van der Waals surface area contributed by atoms with Crippen molar-refractivity contribution >= 4 is 35.6 Å². The minimum Gasteiger partial charge on any atom is -0.480 e. The first-order valence-corrected chi connectivity index (χ1v) is 10.9. The van der Waals surface area contributed by atoms with Crippen molar-refractivity contribution in [2.24, 2.45) is 11.7 Å². The molecule has 6 amide bonds. The topological polar surface area (TPSA) is 188 Å². The first-order valence-electron chi connectivity index (χ1n) is 10.9. The number of carboxylic acid groups (broad SMARTS) is 1. The first-order chi connectivity index (χ1) is 15.5. The largest absolute Gasteiger partial charge is 0.480 e. The molecule has 6 N–H and O–H groups in total.